The number of carbonyl (C=O) groups excluding carboxylic acids is 1. The fourth-order valence-corrected chi connectivity index (χ4v) is 1.54. The number of nitrogens with one attached hydrogen (secondary N) is 1. The molecule has 5 heteroatoms. The van der Waals surface area contributed by atoms with Crippen molar-refractivity contribution in [3.8, 4) is 11.5 Å². The molecule has 1 amide bonds. The standard InChI is InChI=1S/C12H18N2O3/c1-14-12(15)7-10(13)9-6-8(16-2)4-5-11(9)17-3/h4-6,10H,7,13H2,1-3H3,(H,14,15). The molecule has 0 fully saturated rings. The van der Waals surface area contributed by atoms with E-state index in [9.17, 15) is 4.79 Å². The van der Waals surface area contributed by atoms with Gasteiger partial charge in [-0.1, -0.05) is 0 Å². The van der Waals surface area contributed by atoms with Gasteiger partial charge in [-0.15, -0.1) is 0 Å². The van der Waals surface area contributed by atoms with Crippen LogP contribution < -0.4 is 20.5 Å². The first-order chi connectivity index (χ1) is 8.12. The summed E-state index contributed by atoms with van der Waals surface area (Å²) in [5.41, 5.74) is 6.73. The van der Waals surface area contributed by atoms with E-state index in [1.165, 1.54) is 0 Å². The van der Waals surface area contributed by atoms with E-state index in [0.717, 1.165) is 5.56 Å². The summed E-state index contributed by atoms with van der Waals surface area (Å²) in [4.78, 5) is 11.3. The van der Waals surface area contributed by atoms with Gasteiger partial charge in [0.25, 0.3) is 0 Å². The zero-order chi connectivity index (χ0) is 12.8. The zero-order valence-electron chi connectivity index (χ0n) is 10.3. The molecule has 1 rings (SSSR count). The van der Waals surface area contributed by atoms with Gasteiger partial charge in [-0.3, -0.25) is 4.79 Å². The largest absolute Gasteiger partial charge is 0.497 e. The van der Waals surface area contributed by atoms with E-state index >= 15 is 0 Å². The van der Waals surface area contributed by atoms with E-state index in [1.807, 2.05) is 0 Å². The zero-order valence-corrected chi connectivity index (χ0v) is 10.3. The monoisotopic (exact) mass is 238 g/mol. The molecule has 94 valence electrons. The average Bonchev–Trinajstić information content (AvgIpc) is 2.37. The Morgan fingerprint density at radius 3 is 2.65 bits per heavy atom. The Kier molecular flexibility index (Phi) is 4.78. The van der Waals surface area contributed by atoms with Gasteiger partial charge in [-0.05, 0) is 18.2 Å². The molecule has 0 saturated carbocycles. The fourth-order valence-electron chi connectivity index (χ4n) is 1.54. The predicted molar refractivity (Wildman–Crippen MR) is 65.2 cm³/mol. The molecule has 0 aliphatic carbocycles. The molecule has 17 heavy (non-hydrogen) atoms. The molecule has 0 spiro atoms. The van der Waals surface area contributed by atoms with Gasteiger partial charge in [0.1, 0.15) is 11.5 Å². The Morgan fingerprint density at radius 1 is 1.41 bits per heavy atom. The molecule has 0 aliphatic rings. The van der Waals surface area contributed by atoms with Crippen LogP contribution >= 0.6 is 0 Å². The maximum Gasteiger partial charge on any atom is 0.221 e. The number of benzene rings is 1. The molecule has 1 atom stereocenters. The van der Waals surface area contributed by atoms with E-state index in [-0.39, 0.29) is 12.3 Å². The molecule has 1 unspecified atom stereocenters. The number of carbonyl (C=O) groups is 1. The van der Waals surface area contributed by atoms with Crippen LogP contribution in [0.4, 0.5) is 0 Å². The Morgan fingerprint density at radius 2 is 2.12 bits per heavy atom. The van der Waals surface area contributed by atoms with E-state index in [0.29, 0.717) is 11.5 Å². The summed E-state index contributed by atoms with van der Waals surface area (Å²) in [7, 11) is 4.73. The van der Waals surface area contributed by atoms with Crippen molar-refractivity contribution in [2.45, 2.75) is 12.5 Å². The van der Waals surface area contributed by atoms with Crippen molar-refractivity contribution in [1.82, 2.24) is 5.32 Å². The van der Waals surface area contributed by atoms with Crippen LogP contribution in [0, 0.1) is 0 Å². The van der Waals surface area contributed by atoms with Crippen molar-refractivity contribution < 1.29 is 14.3 Å². The number of nitrogens with two attached hydrogens (primary N) is 1. The molecule has 3 N–H and O–H groups in total. The van der Waals surface area contributed by atoms with Gasteiger partial charge in [0.05, 0.1) is 14.2 Å². The fraction of sp³-hybridized carbons (Fsp3) is 0.417. The molecule has 0 heterocycles. The third-order valence-corrected chi connectivity index (χ3v) is 2.52. The van der Waals surface area contributed by atoms with Gasteiger partial charge in [0, 0.05) is 25.1 Å². The Balaban J connectivity index is 2.96. The molecule has 0 aliphatic heterocycles. The SMILES string of the molecule is CNC(=O)CC(N)c1cc(OC)ccc1OC. The first-order valence-electron chi connectivity index (χ1n) is 5.30. The topological polar surface area (TPSA) is 73.6 Å². The Bertz CT molecular complexity index is 393. The van der Waals surface area contributed by atoms with Crippen molar-refractivity contribution in [3.05, 3.63) is 23.8 Å². The summed E-state index contributed by atoms with van der Waals surface area (Å²) in [6, 6.07) is 4.93. The molecular formula is C12H18N2O3. The third-order valence-electron chi connectivity index (χ3n) is 2.52. The van der Waals surface area contributed by atoms with Crippen LogP contribution in [0.2, 0.25) is 0 Å². The number of rotatable bonds is 5. The highest BCUT2D eigenvalue weighted by Gasteiger charge is 2.16. The smallest absolute Gasteiger partial charge is 0.221 e. The summed E-state index contributed by atoms with van der Waals surface area (Å²) >= 11 is 0. The molecule has 0 radical (unpaired) electrons. The van der Waals surface area contributed by atoms with Crippen LogP contribution in [0.5, 0.6) is 11.5 Å². The highest BCUT2D eigenvalue weighted by atomic mass is 16.5. The molecule has 0 bridgehead atoms. The van der Waals surface area contributed by atoms with E-state index in [4.69, 9.17) is 15.2 Å². The minimum absolute atomic E-state index is 0.109. The number of hydrogen-bond acceptors (Lipinski definition) is 4. The second-order valence-corrected chi connectivity index (χ2v) is 3.59. The van der Waals surface area contributed by atoms with Gasteiger partial charge in [-0.2, -0.15) is 0 Å². The number of hydrogen-bond donors (Lipinski definition) is 2. The lowest BCUT2D eigenvalue weighted by molar-refractivity contribution is -0.120. The molecule has 0 saturated heterocycles. The molecule has 1 aromatic rings. The second kappa shape index (κ2) is 6.10. The van der Waals surface area contributed by atoms with Gasteiger partial charge < -0.3 is 20.5 Å². The highest BCUT2D eigenvalue weighted by molar-refractivity contribution is 5.76. The van der Waals surface area contributed by atoms with Crippen molar-refractivity contribution in [2.24, 2.45) is 5.73 Å². The van der Waals surface area contributed by atoms with Gasteiger partial charge >= 0.3 is 0 Å². The minimum Gasteiger partial charge on any atom is -0.497 e. The normalized spacial score (nSPS) is 11.8. The van der Waals surface area contributed by atoms with Crippen LogP contribution in [-0.2, 0) is 4.79 Å². The van der Waals surface area contributed by atoms with E-state index in [1.54, 1.807) is 39.5 Å². The first kappa shape index (κ1) is 13.3. The summed E-state index contributed by atoms with van der Waals surface area (Å²) in [5.74, 6) is 1.23. The van der Waals surface area contributed by atoms with Crippen LogP contribution in [0.1, 0.15) is 18.0 Å². The van der Waals surface area contributed by atoms with Crippen LogP contribution in [0.25, 0.3) is 0 Å². The predicted octanol–water partition coefficient (Wildman–Crippen LogP) is 0.840. The van der Waals surface area contributed by atoms with Crippen molar-refractivity contribution in [3.63, 3.8) is 0 Å². The number of ether oxygens (including phenoxy) is 2. The first-order valence-corrected chi connectivity index (χ1v) is 5.30. The Labute approximate surface area is 101 Å². The van der Waals surface area contributed by atoms with Crippen LogP contribution in [0.3, 0.4) is 0 Å². The summed E-state index contributed by atoms with van der Waals surface area (Å²) in [6.07, 6.45) is 0.208. The molecular weight excluding hydrogens is 220 g/mol. The lowest BCUT2D eigenvalue weighted by Crippen LogP contribution is -2.24. The molecule has 5 nitrogen and oxygen atoms in total. The maximum absolute atomic E-state index is 11.3. The van der Waals surface area contributed by atoms with E-state index in [2.05, 4.69) is 5.32 Å². The average molecular weight is 238 g/mol. The summed E-state index contributed by atoms with van der Waals surface area (Å²) in [6.45, 7) is 0. The van der Waals surface area contributed by atoms with Crippen molar-refractivity contribution in [1.29, 1.82) is 0 Å². The van der Waals surface area contributed by atoms with Gasteiger partial charge in [0.2, 0.25) is 5.91 Å². The van der Waals surface area contributed by atoms with Gasteiger partial charge in [-0.25, -0.2) is 0 Å². The highest BCUT2D eigenvalue weighted by Crippen LogP contribution is 2.29. The van der Waals surface area contributed by atoms with Crippen molar-refractivity contribution >= 4 is 5.91 Å². The van der Waals surface area contributed by atoms with Crippen molar-refractivity contribution in [2.75, 3.05) is 21.3 Å². The lowest BCUT2D eigenvalue weighted by atomic mass is 10.0. The quantitative estimate of drug-likeness (QED) is 0.797. The minimum atomic E-state index is -0.417. The molecule has 0 aromatic heterocycles. The second-order valence-electron chi connectivity index (χ2n) is 3.59. The maximum atomic E-state index is 11.3. The summed E-state index contributed by atoms with van der Waals surface area (Å²) in [5, 5.41) is 2.54. The third kappa shape index (κ3) is 3.35. The number of methoxy groups -OCH3 is 2. The lowest BCUT2D eigenvalue weighted by Gasteiger charge is -2.16. The van der Waals surface area contributed by atoms with Crippen LogP contribution in [-0.4, -0.2) is 27.2 Å². The Hall–Kier alpha value is -1.75. The molecule has 1 aromatic carbocycles. The number of amides is 1. The van der Waals surface area contributed by atoms with Crippen LogP contribution in [0.15, 0.2) is 18.2 Å². The van der Waals surface area contributed by atoms with Gasteiger partial charge in [0.15, 0.2) is 0 Å². The summed E-state index contributed by atoms with van der Waals surface area (Å²) < 4.78 is 10.3. The van der Waals surface area contributed by atoms with E-state index < -0.39 is 6.04 Å².